The van der Waals surface area contributed by atoms with E-state index < -0.39 is 11.3 Å². The minimum absolute atomic E-state index is 0.369. The molecule has 1 saturated heterocycles. The molecule has 0 aromatic heterocycles. The Labute approximate surface area is 113 Å². The molecule has 1 unspecified atom stereocenters. The van der Waals surface area contributed by atoms with Gasteiger partial charge in [-0.1, -0.05) is 0 Å². The van der Waals surface area contributed by atoms with E-state index in [0.717, 1.165) is 25.9 Å². The zero-order valence-corrected chi connectivity index (χ0v) is 12.0. The molecule has 18 heavy (non-hydrogen) atoms. The van der Waals surface area contributed by atoms with Gasteiger partial charge in [0.05, 0.1) is 0 Å². The molecular formula is C12H22ClN3O2. The molecule has 0 saturated carbocycles. The van der Waals surface area contributed by atoms with Crippen LogP contribution in [0.2, 0.25) is 0 Å². The van der Waals surface area contributed by atoms with Crippen molar-refractivity contribution in [1.29, 1.82) is 0 Å². The molecule has 0 aromatic rings. The van der Waals surface area contributed by atoms with Crippen molar-refractivity contribution in [3.63, 3.8) is 0 Å². The van der Waals surface area contributed by atoms with Gasteiger partial charge < -0.3 is 9.80 Å². The van der Waals surface area contributed by atoms with Gasteiger partial charge in [-0.3, -0.25) is 10.1 Å². The first kappa shape index (κ1) is 15.2. The first-order valence-corrected chi connectivity index (χ1v) is 6.72. The largest absolute Gasteiger partial charge is 0.327 e. The summed E-state index contributed by atoms with van der Waals surface area (Å²) in [5.74, 6) is 0.0670. The highest BCUT2D eigenvalue weighted by atomic mass is 35.5. The van der Waals surface area contributed by atoms with Crippen molar-refractivity contribution in [2.75, 3.05) is 33.7 Å². The van der Waals surface area contributed by atoms with Crippen LogP contribution in [0.25, 0.3) is 0 Å². The zero-order chi connectivity index (χ0) is 13.7. The lowest BCUT2D eigenvalue weighted by Gasteiger charge is -2.31. The first-order chi connectivity index (χ1) is 8.40. The lowest BCUT2D eigenvalue weighted by Crippen LogP contribution is -2.45. The number of alkyl halides is 1. The van der Waals surface area contributed by atoms with Crippen LogP contribution in [0.1, 0.15) is 19.8 Å². The third-order valence-electron chi connectivity index (χ3n) is 3.31. The number of piperidine rings is 1. The Bertz CT molecular complexity index is 302. The molecule has 1 fully saturated rings. The maximum Gasteiger partial charge on any atom is 0.323 e. The highest BCUT2D eigenvalue weighted by Crippen LogP contribution is 2.16. The van der Waals surface area contributed by atoms with Crippen molar-refractivity contribution < 1.29 is 9.59 Å². The van der Waals surface area contributed by atoms with Gasteiger partial charge in [0.2, 0.25) is 5.91 Å². The molecule has 0 bridgehead atoms. The molecule has 0 aliphatic carbocycles. The SMILES string of the molecule is CC(Cl)C(=O)NC(=O)N(C)CC1CCN(C)CC1. The molecule has 0 spiro atoms. The average molecular weight is 276 g/mol. The lowest BCUT2D eigenvalue weighted by molar-refractivity contribution is -0.119. The number of nitrogens with zero attached hydrogens (tertiary/aromatic N) is 2. The maximum absolute atomic E-state index is 11.7. The number of halogens is 1. The van der Waals surface area contributed by atoms with E-state index in [4.69, 9.17) is 11.6 Å². The third kappa shape index (κ3) is 4.82. The number of likely N-dealkylation sites (tertiary alicyclic amines) is 1. The number of imide groups is 1. The van der Waals surface area contributed by atoms with Crippen LogP contribution in [-0.2, 0) is 4.79 Å². The van der Waals surface area contributed by atoms with E-state index in [-0.39, 0.29) is 6.03 Å². The van der Waals surface area contributed by atoms with E-state index in [1.165, 1.54) is 0 Å². The fourth-order valence-electron chi connectivity index (χ4n) is 2.02. The van der Waals surface area contributed by atoms with Gasteiger partial charge in [0, 0.05) is 13.6 Å². The van der Waals surface area contributed by atoms with Gasteiger partial charge in [0.15, 0.2) is 0 Å². The van der Waals surface area contributed by atoms with Crippen molar-refractivity contribution in [3.8, 4) is 0 Å². The van der Waals surface area contributed by atoms with E-state index in [2.05, 4.69) is 17.3 Å². The van der Waals surface area contributed by atoms with Crippen LogP contribution in [0.15, 0.2) is 0 Å². The standard InChI is InChI=1S/C12H22ClN3O2/c1-9(13)11(17)14-12(18)16(3)8-10-4-6-15(2)7-5-10/h9-10H,4-8H2,1-3H3,(H,14,17,18). The summed E-state index contributed by atoms with van der Waals surface area (Å²) in [5.41, 5.74) is 0. The van der Waals surface area contributed by atoms with Crippen LogP contribution in [-0.4, -0.2) is 60.8 Å². The Morgan fingerprint density at radius 3 is 2.50 bits per heavy atom. The summed E-state index contributed by atoms with van der Waals surface area (Å²) < 4.78 is 0. The van der Waals surface area contributed by atoms with Gasteiger partial charge in [0.25, 0.3) is 0 Å². The Morgan fingerprint density at radius 2 is 2.00 bits per heavy atom. The van der Waals surface area contributed by atoms with Gasteiger partial charge in [-0.25, -0.2) is 4.79 Å². The summed E-state index contributed by atoms with van der Waals surface area (Å²) in [6, 6.07) is -0.369. The minimum Gasteiger partial charge on any atom is -0.327 e. The van der Waals surface area contributed by atoms with Gasteiger partial charge in [0.1, 0.15) is 5.38 Å². The molecular weight excluding hydrogens is 254 g/mol. The molecule has 104 valence electrons. The predicted molar refractivity (Wildman–Crippen MR) is 71.7 cm³/mol. The number of nitrogens with one attached hydrogen (secondary N) is 1. The van der Waals surface area contributed by atoms with Crippen LogP contribution < -0.4 is 5.32 Å². The molecule has 1 rings (SSSR count). The molecule has 0 radical (unpaired) electrons. The molecule has 1 aliphatic heterocycles. The van der Waals surface area contributed by atoms with Crippen LogP contribution in [0.4, 0.5) is 4.79 Å². The highest BCUT2D eigenvalue weighted by Gasteiger charge is 2.21. The first-order valence-electron chi connectivity index (χ1n) is 6.28. The minimum atomic E-state index is -0.689. The molecule has 1 atom stereocenters. The molecule has 5 nitrogen and oxygen atoms in total. The Kier molecular flexibility index (Phi) is 5.88. The number of urea groups is 1. The van der Waals surface area contributed by atoms with Crippen LogP contribution >= 0.6 is 11.6 Å². The number of carbonyl (C=O) groups excluding carboxylic acids is 2. The van der Waals surface area contributed by atoms with Crippen molar-refractivity contribution >= 4 is 23.5 Å². The quantitative estimate of drug-likeness (QED) is 0.786. The van der Waals surface area contributed by atoms with Gasteiger partial charge in [-0.15, -0.1) is 11.6 Å². The molecule has 3 amide bonds. The average Bonchev–Trinajstić information content (AvgIpc) is 2.31. The smallest absolute Gasteiger partial charge is 0.323 e. The molecule has 6 heteroatoms. The van der Waals surface area contributed by atoms with E-state index in [1.807, 2.05) is 0 Å². The monoisotopic (exact) mass is 275 g/mol. The van der Waals surface area contributed by atoms with E-state index in [9.17, 15) is 9.59 Å². The number of rotatable bonds is 3. The van der Waals surface area contributed by atoms with Crippen molar-refractivity contribution in [3.05, 3.63) is 0 Å². The second kappa shape index (κ2) is 6.95. The third-order valence-corrected chi connectivity index (χ3v) is 3.51. The maximum atomic E-state index is 11.7. The van der Waals surface area contributed by atoms with Gasteiger partial charge in [-0.2, -0.15) is 0 Å². The van der Waals surface area contributed by atoms with Crippen LogP contribution in [0, 0.1) is 5.92 Å². The van der Waals surface area contributed by atoms with E-state index in [0.29, 0.717) is 12.5 Å². The van der Waals surface area contributed by atoms with Gasteiger partial charge >= 0.3 is 6.03 Å². The zero-order valence-electron chi connectivity index (χ0n) is 11.3. The number of carbonyl (C=O) groups is 2. The van der Waals surface area contributed by atoms with Gasteiger partial charge in [-0.05, 0) is 45.8 Å². The molecule has 0 aromatic carbocycles. The predicted octanol–water partition coefficient (Wildman–Crippen LogP) is 1.12. The van der Waals surface area contributed by atoms with Crippen LogP contribution in [0.5, 0.6) is 0 Å². The van der Waals surface area contributed by atoms with Crippen LogP contribution in [0.3, 0.4) is 0 Å². The molecule has 1 N–H and O–H groups in total. The summed E-state index contributed by atoms with van der Waals surface area (Å²) in [7, 11) is 3.81. The second-order valence-corrected chi connectivity index (χ2v) is 5.69. The van der Waals surface area contributed by atoms with Crippen molar-refractivity contribution in [2.24, 2.45) is 5.92 Å². The lowest BCUT2D eigenvalue weighted by atomic mass is 9.97. The number of amides is 3. The second-order valence-electron chi connectivity index (χ2n) is 5.04. The molecule has 1 heterocycles. The number of hydrogen-bond donors (Lipinski definition) is 1. The summed E-state index contributed by atoms with van der Waals surface area (Å²) in [5, 5.41) is 1.59. The van der Waals surface area contributed by atoms with Crippen molar-refractivity contribution in [1.82, 2.24) is 15.1 Å². The highest BCUT2D eigenvalue weighted by molar-refractivity contribution is 6.31. The summed E-state index contributed by atoms with van der Waals surface area (Å²) in [6.07, 6.45) is 2.18. The Hall–Kier alpha value is -0.810. The summed E-state index contributed by atoms with van der Waals surface area (Å²) in [4.78, 5) is 26.9. The Balaban J connectivity index is 2.33. The normalized spacial score (nSPS) is 19.3. The summed E-state index contributed by atoms with van der Waals surface area (Å²) >= 11 is 5.60. The van der Waals surface area contributed by atoms with E-state index in [1.54, 1.807) is 18.9 Å². The molecule has 1 aliphatic rings. The fraction of sp³-hybridized carbons (Fsp3) is 0.833. The van der Waals surface area contributed by atoms with E-state index >= 15 is 0 Å². The number of hydrogen-bond acceptors (Lipinski definition) is 3. The Morgan fingerprint density at radius 1 is 1.44 bits per heavy atom. The summed E-state index contributed by atoms with van der Waals surface area (Å²) in [6.45, 7) is 4.36. The van der Waals surface area contributed by atoms with Crippen molar-refractivity contribution in [2.45, 2.75) is 25.1 Å². The fourth-order valence-corrected chi connectivity index (χ4v) is 2.07. The topological polar surface area (TPSA) is 52.7 Å².